The molecule has 0 nitrogen and oxygen atoms in total. The van der Waals surface area contributed by atoms with Gasteiger partial charge in [0, 0.05) is 0 Å². The summed E-state index contributed by atoms with van der Waals surface area (Å²) in [6.45, 7) is 1.21. The molecule has 0 heterocycles. The van der Waals surface area contributed by atoms with Crippen LogP contribution in [0.2, 0.25) is 0 Å². The minimum Gasteiger partial charge on any atom is 3.00 e. The van der Waals surface area contributed by atoms with Gasteiger partial charge in [-0.25, -0.2) is 15.1 Å². The molecule has 0 spiro atoms. The van der Waals surface area contributed by atoms with Crippen LogP contribution >= 0.6 is 9.69 Å². The molecule has 0 unspecified atom stereocenters. The van der Waals surface area contributed by atoms with Gasteiger partial charge in [-0.1, -0.05) is 0 Å². The Labute approximate surface area is 138 Å². The standard InChI is InChI=1S/C4F6.C2F3.C2H5F.ClH.Fe.Zn/c5-1(3(7)8)2(6)4(9)10;3-1-2(4)5;1-2-3;;;/h;;2H2,1H3;1H;;/q;-1;;;+3;+2/p-1. The van der Waals surface area contributed by atoms with Crippen LogP contribution in [0.3, 0.4) is 0 Å². The Kier molecular flexibility index (Phi) is 38.9. The molecule has 0 aliphatic rings. The van der Waals surface area contributed by atoms with Crippen LogP contribution in [0.25, 0.3) is 0 Å². The largest absolute Gasteiger partial charge is 3.00 e. The smallest absolute Gasteiger partial charge is 3.00 e. The third-order valence-corrected chi connectivity index (χ3v) is 0.596. The monoisotopic (exact) mass is 446 g/mol. The molecule has 0 saturated carbocycles. The van der Waals surface area contributed by atoms with Gasteiger partial charge in [0.1, 0.15) is 6.08 Å². The fraction of sp³-hybridized carbons (Fsp3) is 0.250. The minimum atomic E-state index is -3.11. The molecule has 0 aliphatic carbocycles. The van der Waals surface area contributed by atoms with E-state index in [0.717, 1.165) is 17.3 Å². The van der Waals surface area contributed by atoms with E-state index >= 15 is 0 Å². The van der Waals surface area contributed by atoms with Gasteiger partial charge < -0.3 is 4.39 Å². The summed E-state index contributed by atoms with van der Waals surface area (Å²) in [4.78, 5) is 0. The third-order valence-electron chi connectivity index (χ3n) is 0.596. The molecule has 0 aromatic carbocycles. The molecule has 0 aromatic rings. The van der Waals surface area contributed by atoms with Crippen molar-refractivity contribution in [2.75, 3.05) is 6.67 Å². The molecule has 0 atom stereocenters. The molecule has 0 amide bonds. The van der Waals surface area contributed by atoms with E-state index in [1.807, 2.05) is 0 Å². The zero-order chi connectivity index (χ0) is 17.3. The molecule has 0 aliphatic heterocycles. The molecule has 1 radical (unpaired) electrons. The maximum atomic E-state index is 11.4. The second-order valence-corrected chi connectivity index (χ2v) is 1.77. The van der Waals surface area contributed by atoms with Gasteiger partial charge in [0.25, 0.3) is 0 Å². The molecule has 0 fully saturated rings. The Morgan fingerprint density at radius 2 is 1.00 bits per heavy atom. The Bertz CT molecular complexity index is 286. The van der Waals surface area contributed by atoms with Crippen LogP contribution in [0.5, 0.6) is 0 Å². The van der Waals surface area contributed by atoms with Crippen molar-refractivity contribution >= 4 is 9.69 Å². The van der Waals surface area contributed by atoms with E-state index in [9.17, 15) is 43.9 Å². The average molecular weight is 448 g/mol. The van der Waals surface area contributed by atoms with Crippen LogP contribution in [-0.2, 0) is 34.4 Å². The van der Waals surface area contributed by atoms with E-state index in [2.05, 4.69) is 0 Å². The number of allylic oxidation sites excluding steroid dienone is 2. The Hall–Kier alpha value is -0.0471. The van der Waals surface area contributed by atoms with Gasteiger partial charge in [0.15, 0.2) is 0 Å². The van der Waals surface area contributed by atoms with E-state index < -0.39 is 29.9 Å². The summed E-state index contributed by atoms with van der Waals surface area (Å²) in [6, 6.07) is 0. The van der Waals surface area contributed by atoms with Crippen LogP contribution in [0, 0.1) is 6.33 Å². The van der Waals surface area contributed by atoms with Crippen LogP contribution in [0.4, 0.5) is 43.9 Å². The molecule has 0 N–H and O–H groups in total. The molecule has 13 heteroatoms. The molecule has 0 bridgehead atoms. The second kappa shape index (κ2) is 24.9. The molecule has 0 aromatic heterocycles. The normalized spacial score (nSPS) is 7.14. The maximum absolute atomic E-state index is 11.4. The first kappa shape index (κ1) is 32.8. The van der Waals surface area contributed by atoms with E-state index in [1.165, 1.54) is 6.92 Å². The number of hydrogen-bond acceptors (Lipinski definition) is 0. The molecule has 121 valence electrons. The fourth-order valence-corrected chi connectivity index (χ4v) is 0.166. The van der Waals surface area contributed by atoms with Crippen molar-refractivity contribution in [1.82, 2.24) is 0 Å². The van der Waals surface area contributed by atoms with Gasteiger partial charge in [0.05, 0.1) is 6.67 Å². The fourth-order valence-electron chi connectivity index (χ4n) is 0.166. The van der Waals surface area contributed by atoms with E-state index in [1.54, 1.807) is 0 Å². The quantitative estimate of drug-likeness (QED) is 0.191. The van der Waals surface area contributed by atoms with Crippen LogP contribution in [0.1, 0.15) is 6.92 Å². The summed E-state index contributed by atoms with van der Waals surface area (Å²) >= 11 is 0.847. The first-order chi connectivity index (χ1) is 9.15. The van der Waals surface area contributed by atoms with Crippen molar-refractivity contribution in [3.63, 3.8) is 0 Å². The van der Waals surface area contributed by atoms with Crippen molar-refractivity contribution in [2.24, 2.45) is 0 Å². The van der Waals surface area contributed by atoms with Crippen molar-refractivity contribution in [2.45, 2.75) is 6.92 Å². The number of rotatable bonds is 1. The van der Waals surface area contributed by atoms with Crippen molar-refractivity contribution in [1.29, 1.82) is 0 Å². The third kappa shape index (κ3) is 33.0. The zero-order valence-corrected chi connectivity index (χ0v) is 14.8. The Morgan fingerprint density at radius 1 is 0.857 bits per heavy atom. The van der Waals surface area contributed by atoms with Gasteiger partial charge in [-0.15, -0.1) is 0 Å². The Morgan fingerprint density at radius 3 is 1.05 bits per heavy atom. The summed E-state index contributed by atoms with van der Waals surface area (Å²) in [5, 5.41) is 0. The number of hydrogen-bond donors (Lipinski definition) is 0. The Balaban J connectivity index is -0.0000000657. The molecular formula is C8H5ClF10FeZn+3. The summed E-state index contributed by atoms with van der Waals surface area (Å²) < 4.78 is 107. The maximum Gasteiger partial charge on any atom is 3.00 e. The van der Waals surface area contributed by atoms with Crippen LogP contribution < -0.4 is 0 Å². The van der Waals surface area contributed by atoms with Gasteiger partial charge in [-0.3, -0.25) is 4.39 Å². The van der Waals surface area contributed by atoms with E-state index in [4.69, 9.17) is 9.69 Å². The molecular weight excluding hydrogens is 443 g/mol. The SMILES string of the molecule is CCF.FC(F)=C(F)C(F)=C(F)F.F[C-]=C(F)F.[Cl][Zn+].[Fe+3]. The van der Waals surface area contributed by atoms with Gasteiger partial charge in [-0.2, -0.15) is 26.3 Å². The second-order valence-electron chi connectivity index (χ2n) is 1.77. The predicted octanol–water partition coefficient (Wildman–Crippen LogP) is 6.30. The first-order valence-electron chi connectivity index (χ1n) is 3.94. The summed E-state index contributed by atoms with van der Waals surface area (Å²) in [5.41, 5.74) is 0. The summed E-state index contributed by atoms with van der Waals surface area (Å²) in [5.74, 6) is -5.64. The number of alkyl halides is 1. The molecule has 21 heavy (non-hydrogen) atoms. The van der Waals surface area contributed by atoms with Crippen LogP contribution in [-0.4, -0.2) is 6.67 Å². The van der Waals surface area contributed by atoms with Gasteiger partial charge in [-0.05, 0) is 6.92 Å². The van der Waals surface area contributed by atoms with Crippen molar-refractivity contribution < 1.29 is 78.3 Å². The van der Waals surface area contributed by atoms with E-state index in [0.29, 0.717) is 0 Å². The van der Waals surface area contributed by atoms with E-state index in [-0.39, 0.29) is 30.1 Å². The number of halogens is 11. The summed E-state index contributed by atoms with van der Waals surface area (Å²) in [7, 11) is 4.76. The van der Waals surface area contributed by atoms with Crippen molar-refractivity contribution in [3.05, 3.63) is 36.2 Å². The first-order valence-corrected chi connectivity index (χ1v) is 7.84. The minimum absolute atomic E-state index is 0. The van der Waals surface area contributed by atoms with Gasteiger partial charge in [0.2, 0.25) is 11.7 Å². The topological polar surface area (TPSA) is 0 Å². The zero-order valence-electron chi connectivity index (χ0n) is 9.93. The summed E-state index contributed by atoms with van der Waals surface area (Å²) in [6.07, 6.45) is -8.51. The predicted molar refractivity (Wildman–Crippen MR) is 48.3 cm³/mol. The van der Waals surface area contributed by atoms with Crippen LogP contribution in [0.15, 0.2) is 29.9 Å². The molecule has 0 rings (SSSR count). The van der Waals surface area contributed by atoms with Crippen molar-refractivity contribution in [3.8, 4) is 0 Å². The average Bonchev–Trinajstić information content (AvgIpc) is 2.40. The van der Waals surface area contributed by atoms with Gasteiger partial charge >= 0.3 is 56.2 Å². The molecule has 0 saturated heterocycles.